The number of H-pyrrole nitrogens is 1. The fraction of sp³-hybridized carbons (Fsp3) is 0.438. The Hall–Kier alpha value is -1.61. The number of rotatable bonds is 4. The third-order valence-corrected chi connectivity index (χ3v) is 3.82. The van der Waals surface area contributed by atoms with E-state index in [4.69, 9.17) is 0 Å². The zero-order valence-corrected chi connectivity index (χ0v) is 11.3. The molecule has 0 spiro atoms. The van der Waals surface area contributed by atoms with E-state index < -0.39 is 0 Å². The zero-order chi connectivity index (χ0) is 12.9. The molecule has 3 heteroatoms. The fourth-order valence-electron chi connectivity index (χ4n) is 2.69. The summed E-state index contributed by atoms with van der Waals surface area (Å²) in [6.07, 6.45) is 7.17. The number of nitrogens with zero attached hydrogens (tertiary/aromatic N) is 2. The quantitative estimate of drug-likeness (QED) is 0.910. The van der Waals surface area contributed by atoms with Crippen LogP contribution in [0.5, 0.6) is 0 Å². The van der Waals surface area contributed by atoms with E-state index in [1.165, 1.54) is 38.0 Å². The van der Waals surface area contributed by atoms with Crippen molar-refractivity contribution >= 4 is 0 Å². The molecule has 2 aromatic rings. The van der Waals surface area contributed by atoms with Crippen LogP contribution >= 0.6 is 0 Å². The minimum Gasteiger partial charge on any atom is -0.342 e. The molecule has 2 heterocycles. The number of aromatic amines is 1. The summed E-state index contributed by atoms with van der Waals surface area (Å²) < 4.78 is 0. The van der Waals surface area contributed by atoms with Gasteiger partial charge in [-0.1, -0.05) is 36.8 Å². The molecule has 1 N–H and O–H groups in total. The highest BCUT2D eigenvalue weighted by Crippen LogP contribution is 2.15. The summed E-state index contributed by atoms with van der Waals surface area (Å²) in [5, 5.41) is 0. The van der Waals surface area contributed by atoms with E-state index in [1.807, 2.05) is 24.4 Å². The van der Waals surface area contributed by atoms with Gasteiger partial charge in [0.1, 0.15) is 5.82 Å². The molecule has 3 nitrogen and oxygen atoms in total. The summed E-state index contributed by atoms with van der Waals surface area (Å²) >= 11 is 0. The second-order valence-electron chi connectivity index (χ2n) is 5.28. The summed E-state index contributed by atoms with van der Waals surface area (Å²) in [7, 11) is 0. The molecule has 1 aliphatic rings. The number of imidazole rings is 1. The lowest BCUT2D eigenvalue weighted by atomic mass is 10.1. The first-order valence-electron chi connectivity index (χ1n) is 7.23. The van der Waals surface area contributed by atoms with Crippen LogP contribution in [0.3, 0.4) is 0 Å². The largest absolute Gasteiger partial charge is 0.342 e. The minimum atomic E-state index is 0.981. The molecule has 1 saturated heterocycles. The third-order valence-electron chi connectivity index (χ3n) is 3.82. The van der Waals surface area contributed by atoms with Crippen LogP contribution in [0, 0.1) is 0 Å². The first-order valence-corrected chi connectivity index (χ1v) is 7.23. The van der Waals surface area contributed by atoms with E-state index in [0.29, 0.717) is 0 Å². The molecule has 0 amide bonds. The van der Waals surface area contributed by atoms with Gasteiger partial charge in [0.15, 0.2) is 0 Å². The van der Waals surface area contributed by atoms with Crippen LogP contribution in [0.2, 0.25) is 0 Å². The van der Waals surface area contributed by atoms with Crippen LogP contribution in [0.1, 0.15) is 25.0 Å². The SMILES string of the molecule is c1ccc(-c2ncc(CCN3CCCCC3)[nH]2)cc1. The maximum Gasteiger partial charge on any atom is 0.137 e. The summed E-state index contributed by atoms with van der Waals surface area (Å²) in [5.74, 6) is 0.981. The van der Waals surface area contributed by atoms with Gasteiger partial charge < -0.3 is 9.88 Å². The lowest BCUT2D eigenvalue weighted by molar-refractivity contribution is 0.231. The highest BCUT2D eigenvalue weighted by molar-refractivity contribution is 5.54. The van der Waals surface area contributed by atoms with Crippen molar-refractivity contribution in [2.75, 3.05) is 19.6 Å². The molecule has 1 aromatic heterocycles. The molecule has 0 aliphatic carbocycles. The normalized spacial score (nSPS) is 16.6. The van der Waals surface area contributed by atoms with Gasteiger partial charge in [-0.2, -0.15) is 0 Å². The van der Waals surface area contributed by atoms with Crippen molar-refractivity contribution < 1.29 is 0 Å². The predicted octanol–water partition coefficient (Wildman–Crippen LogP) is 3.11. The van der Waals surface area contributed by atoms with Crippen molar-refractivity contribution in [2.24, 2.45) is 0 Å². The van der Waals surface area contributed by atoms with Gasteiger partial charge in [0.25, 0.3) is 0 Å². The van der Waals surface area contributed by atoms with Gasteiger partial charge in [-0.25, -0.2) is 4.98 Å². The molecule has 0 saturated carbocycles. The molecular weight excluding hydrogens is 234 g/mol. The van der Waals surface area contributed by atoms with Crippen molar-refractivity contribution in [3.63, 3.8) is 0 Å². The van der Waals surface area contributed by atoms with Gasteiger partial charge in [-0.05, 0) is 25.9 Å². The first kappa shape index (κ1) is 12.4. The summed E-state index contributed by atoms with van der Waals surface area (Å²) in [6, 6.07) is 10.3. The van der Waals surface area contributed by atoms with E-state index in [1.54, 1.807) is 0 Å². The number of hydrogen-bond donors (Lipinski definition) is 1. The summed E-state index contributed by atoms with van der Waals surface area (Å²) in [6.45, 7) is 3.68. The highest BCUT2D eigenvalue weighted by Gasteiger charge is 2.10. The summed E-state index contributed by atoms with van der Waals surface area (Å²) in [5.41, 5.74) is 2.40. The van der Waals surface area contributed by atoms with Crippen LogP contribution in [-0.4, -0.2) is 34.5 Å². The molecule has 0 radical (unpaired) electrons. The van der Waals surface area contributed by atoms with E-state index >= 15 is 0 Å². The Balaban J connectivity index is 1.59. The molecule has 0 bridgehead atoms. The smallest absolute Gasteiger partial charge is 0.137 e. The van der Waals surface area contributed by atoms with Crippen molar-refractivity contribution in [2.45, 2.75) is 25.7 Å². The molecule has 1 fully saturated rings. The Morgan fingerprint density at radius 2 is 1.84 bits per heavy atom. The van der Waals surface area contributed by atoms with Crippen molar-refractivity contribution in [1.82, 2.24) is 14.9 Å². The van der Waals surface area contributed by atoms with Crippen LogP contribution < -0.4 is 0 Å². The molecule has 100 valence electrons. The first-order chi connectivity index (χ1) is 9.42. The molecule has 3 rings (SSSR count). The Bertz CT molecular complexity index is 498. The lowest BCUT2D eigenvalue weighted by Crippen LogP contribution is -2.31. The van der Waals surface area contributed by atoms with Crippen molar-refractivity contribution in [3.05, 3.63) is 42.2 Å². The molecule has 1 aliphatic heterocycles. The average Bonchev–Trinajstić information content (AvgIpc) is 2.96. The van der Waals surface area contributed by atoms with Crippen molar-refractivity contribution in [3.8, 4) is 11.4 Å². The van der Waals surface area contributed by atoms with Crippen molar-refractivity contribution in [1.29, 1.82) is 0 Å². The zero-order valence-electron chi connectivity index (χ0n) is 11.3. The number of likely N-dealkylation sites (tertiary alicyclic amines) is 1. The lowest BCUT2D eigenvalue weighted by Gasteiger charge is -2.25. The Kier molecular flexibility index (Phi) is 3.94. The molecular formula is C16H21N3. The second kappa shape index (κ2) is 6.02. The standard InChI is InChI=1S/C16H21N3/c1-3-7-14(8-4-1)16-17-13-15(18-16)9-12-19-10-5-2-6-11-19/h1,3-4,7-8,13H,2,5-6,9-12H2,(H,17,18). The highest BCUT2D eigenvalue weighted by atomic mass is 15.1. The van der Waals surface area contributed by atoms with Crippen LogP contribution in [0.4, 0.5) is 0 Å². The average molecular weight is 255 g/mol. The van der Waals surface area contributed by atoms with Gasteiger partial charge >= 0.3 is 0 Å². The van der Waals surface area contributed by atoms with Gasteiger partial charge in [0.2, 0.25) is 0 Å². The minimum absolute atomic E-state index is 0.981. The van der Waals surface area contributed by atoms with Gasteiger partial charge in [0, 0.05) is 30.4 Å². The second-order valence-corrected chi connectivity index (χ2v) is 5.28. The van der Waals surface area contributed by atoms with Crippen LogP contribution in [-0.2, 0) is 6.42 Å². The number of benzene rings is 1. The Morgan fingerprint density at radius 1 is 1.05 bits per heavy atom. The molecule has 0 unspecified atom stereocenters. The fourth-order valence-corrected chi connectivity index (χ4v) is 2.69. The van der Waals surface area contributed by atoms with Gasteiger partial charge in [-0.3, -0.25) is 0 Å². The molecule has 19 heavy (non-hydrogen) atoms. The van der Waals surface area contributed by atoms with E-state index in [2.05, 4.69) is 27.0 Å². The predicted molar refractivity (Wildman–Crippen MR) is 78.0 cm³/mol. The van der Waals surface area contributed by atoms with E-state index in [9.17, 15) is 0 Å². The van der Waals surface area contributed by atoms with Crippen LogP contribution in [0.15, 0.2) is 36.5 Å². The topological polar surface area (TPSA) is 31.9 Å². The number of aromatic nitrogens is 2. The Labute approximate surface area is 114 Å². The Morgan fingerprint density at radius 3 is 2.63 bits per heavy atom. The number of nitrogens with one attached hydrogen (secondary N) is 1. The molecule has 0 atom stereocenters. The maximum atomic E-state index is 4.48. The van der Waals surface area contributed by atoms with Gasteiger partial charge in [-0.15, -0.1) is 0 Å². The van der Waals surface area contributed by atoms with E-state index in [-0.39, 0.29) is 0 Å². The monoisotopic (exact) mass is 255 g/mol. The van der Waals surface area contributed by atoms with Crippen LogP contribution in [0.25, 0.3) is 11.4 Å². The molecule has 1 aromatic carbocycles. The maximum absolute atomic E-state index is 4.48. The van der Waals surface area contributed by atoms with E-state index in [0.717, 1.165) is 24.4 Å². The number of hydrogen-bond acceptors (Lipinski definition) is 2. The third kappa shape index (κ3) is 3.24. The van der Waals surface area contributed by atoms with Gasteiger partial charge in [0.05, 0.1) is 0 Å². The summed E-state index contributed by atoms with van der Waals surface area (Å²) in [4.78, 5) is 10.5. The number of piperidine rings is 1.